The van der Waals surface area contributed by atoms with Gasteiger partial charge in [0.1, 0.15) is 10.1 Å². The van der Waals surface area contributed by atoms with Gasteiger partial charge in [0, 0.05) is 19.0 Å². The Labute approximate surface area is 185 Å². The highest BCUT2D eigenvalue weighted by Gasteiger charge is 2.31. The minimum atomic E-state index is -0.937. The van der Waals surface area contributed by atoms with Crippen LogP contribution in [0.4, 0.5) is 5.69 Å². The number of carboxylic acids is 1. The van der Waals surface area contributed by atoms with Gasteiger partial charge in [0.2, 0.25) is 0 Å². The number of aliphatic carboxylic acids is 1. The number of rotatable bonds is 9. The lowest BCUT2D eigenvalue weighted by Gasteiger charge is -2.13. The van der Waals surface area contributed by atoms with Gasteiger partial charge in [0.15, 0.2) is 0 Å². The first-order valence-electron chi connectivity index (χ1n) is 8.76. The standard InChI is InChI=1S/C19H16N2O6S3/c22-17(23)4-1-7-20-18(24)16(30-19(20)28)10-12-5-6-15(14(9-12)21(25)26)29-11-13-3-2-8-27-13/h2-3,5-6,8-10H,1,4,7,11H2,(H,22,23)/b16-10-. The van der Waals surface area contributed by atoms with Crippen molar-refractivity contribution in [3.8, 4) is 0 Å². The fourth-order valence-corrected chi connectivity index (χ4v) is 4.88. The van der Waals surface area contributed by atoms with Crippen LogP contribution in [0.1, 0.15) is 24.2 Å². The van der Waals surface area contributed by atoms with E-state index in [0.29, 0.717) is 37.6 Å². The van der Waals surface area contributed by atoms with Crippen LogP contribution in [0.25, 0.3) is 6.08 Å². The molecule has 0 saturated carbocycles. The number of carboxylic acid groups (broad SMARTS) is 1. The third-order valence-electron chi connectivity index (χ3n) is 4.07. The summed E-state index contributed by atoms with van der Waals surface area (Å²) in [5.74, 6) is -0.0881. The van der Waals surface area contributed by atoms with Crippen molar-refractivity contribution in [2.45, 2.75) is 23.5 Å². The van der Waals surface area contributed by atoms with Crippen molar-refractivity contribution in [3.05, 3.63) is 62.9 Å². The van der Waals surface area contributed by atoms with Crippen LogP contribution in [0.15, 0.2) is 50.8 Å². The van der Waals surface area contributed by atoms with Crippen molar-refractivity contribution in [1.82, 2.24) is 4.90 Å². The number of nitro benzene ring substituents is 1. The molecule has 3 rings (SSSR count). The second kappa shape index (κ2) is 9.92. The second-order valence-corrected chi connectivity index (χ2v) is 8.88. The third kappa shape index (κ3) is 5.49. The number of amides is 1. The number of thioether (sulfide) groups is 2. The smallest absolute Gasteiger partial charge is 0.303 e. The SMILES string of the molecule is O=C(O)CCCN1C(=O)/C(=C/c2ccc(SCc3ccco3)c([N+](=O)[O-])c2)SC1=S. The largest absolute Gasteiger partial charge is 0.481 e. The lowest BCUT2D eigenvalue weighted by Crippen LogP contribution is -2.29. The maximum Gasteiger partial charge on any atom is 0.303 e. The van der Waals surface area contributed by atoms with Crippen molar-refractivity contribution >= 4 is 63.7 Å². The summed E-state index contributed by atoms with van der Waals surface area (Å²) in [5.41, 5.74) is 0.451. The van der Waals surface area contributed by atoms with Crippen LogP contribution in [0.2, 0.25) is 0 Å². The number of furan rings is 1. The molecule has 0 spiro atoms. The molecule has 8 nitrogen and oxygen atoms in total. The molecular weight excluding hydrogens is 448 g/mol. The molecule has 0 radical (unpaired) electrons. The van der Waals surface area contributed by atoms with E-state index in [2.05, 4.69) is 0 Å². The molecular formula is C19H16N2O6S3. The Hall–Kier alpha value is -2.63. The zero-order valence-electron chi connectivity index (χ0n) is 15.5. The molecule has 0 aliphatic carbocycles. The number of nitro groups is 1. The maximum absolute atomic E-state index is 12.6. The highest BCUT2D eigenvalue weighted by atomic mass is 32.2. The van der Waals surface area contributed by atoms with Gasteiger partial charge in [-0.15, -0.1) is 11.8 Å². The third-order valence-corrected chi connectivity index (χ3v) is 6.54. The van der Waals surface area contributed by atoms with Crippen LogP contribution in [0.3, 0.4) is 0 Å². The molecule has 11 heteroatoms. The van der Waals surface area contributed by atoms with Gasteiger partial charge < -0.3 is 9.52 Å². The average Bonchev–Trinajstić information content (AvgIpc) is 3.30. The Balaban J connectivity index is 1.75. The van der Waals surface area contributed by atoms with E-state index in [0.717, 1.165) is 11.8 Å². The number of hydrogen-bond acceptors (Lipinski definition) is 8. The molecule has 0 unspecified atom stereocenters. The van der Waals surface area contributed by atoms with E-state index in [9.17, 15) is 19.7 Å². The van der Waals surface area contributed by atoms with Crippen LogP contribution in [0.5, 0.6) is 0 Å². The summed E-state index contributed by atoms with van der Waals surface area (Å²) in [5, 5.41) is 20.2. The van der Waals surface area contributed by atoms with Gasteiger partial charge in [-0.05, 0) is 36.3 Å². The topological polar surface area (TPSA) is 114 Å². The van der Waals surface area contributed by atoms with Crippen LogP contribution < -0.4 is 0 Å². The van der Waals surface area contributed by atoms with E-state index >= 15 is 0 Å². The number of thiocarbonyl (C=S) groups is 1. The van der Waals surface area contributed by atoms with Crippen LogP contribution in [-0.4, -0.2) is 37.7 Å². The lowest BCUT2D eigenvalue weighted by atomic mass is 10.2. The second-order valence-electron chi connectivity index (χ2n) is 6.18. The van der Waals surface area contributed by atoms with E-state index in [4.69, 9.17) is 21.7 Å². The Morgan fingerprint density at radius 3 is 2.87 bits per heavy atom. The summed E-state index contributed by atoms with van der Waals surface area (Å²) >= 11 is 7.60. The van der Waals surface area contributed by atoms with Crippen molar-refractivity contribution in [3.63, 3.8) is 0 Å². The van der Waals surface area contributed by atoms with E-state index in [1.165, 1.54) is 22.7 Å². The van der Waals surface area contributed by atoms with Crippen LogP contribution in [0, 0.1) is 10.1 Å². The highest BCUT2D eigenvalue weighted by molar-refractivity contribution is 8.26. The molecule has 1 aliphatic heterocycles. The van der Waals surface area contributed by atoms with Gasteiger partial charge in [-0.1, -0.05) is 30.0 Å². The zero-order valence-corrected chi connectivity index (χ0v) is 17.9. The molecule has 1 aromatic heterocycles. The van der Waals surface area contributed by atoms with Gasteiger partial charge in [-0.2, -0.15) is 0 Å². The first-order valence-corrected chi connectivity index (χ1v) is 11.0. The summed E-state index contributed by atoms with van der Waals surface area (Å²) in [7, 11) is 0. The minimum Gasteiger partial charge on any atom is -0.481 e. The molecule has 30 heavy (non-hydrogen) atoms. The van der Waals surface area contributed by atoms with E-state index in [1.807, 2.05) is 0 Å². The molecule has 1 fully saturated rings. The summed E-state index contributed by atoms with van der Waals surface area (Å²) in [6.07, 6.45) is 3.34. The van der Waals surface area contributed by atoms with Gasteiger partial charge in [-0.25, -0.2) is 0 Å². The van der Waals surface area contributed by atoms with E-state index in [1.54, 1.807) is 36.6 Å². The normalized spacial score (nSPS) is 15.2. The van der Waals surface area contributed by atoms with Gasteiger partial charge in [0.25, 0.3) is 11.6 Å². The average molecular weight is 465 g/mol. The number of nitrogens with zero attached hydrogens (tertiary/aromatic N) is 2. The molecule has 1 aromatic carbocycles. The van der Waals surface area contributed by atoms with E-state index < -0.39 is 10.9 Å². The molecule has 0 atom stereocenters. The fraction of sp³-hybridized carbons (Fsp3) is 0.211. The number of carbonyl (C=O) groups excluding carboxylic acids is 1. The highest BCUT2D eigenvalue weighted by Crippen LogP contribution is 2.36. The molecule has 1 amide bonds. The summed E-state index contributed by atoms with van der Waals surface area (Å²) in [4.78, 5) is 36.5. The summed E-state index contributed by atoms with van der Waals surface area (Å²) in [6.45, 7) is 0.219. The first kappa shape index (κ1) is 22.1. The Morgan fingerprint density at radius 1 is 1.40 bits per heavy atom. The quantitative estimate of drug-likeness (QED) is 0.188. The monoisotopic (exact) mass is 464 g/mol. The number of carbonyl (C=O) groups is 2. The van der Waals surface area contributed by atoms with Crippen molar-refractivity contribution in [2.75, 3.05) is 6.54 Å². The lowest BCUT2D eigenvalue weighted by molar-refractivity contribution is -0.387. The molecule has 2 aromatic rings. The predicted molar refractivity (Wildman–Crippen MR) is 118 cm³/mol. The molecule has 0 bridgehead atoms. The van der Waals surface area contributed by atoms with Crippen molar-refractivity contribution in [1.29, 1.82) is 0 Å². The fourth-order valence-electron chi connectivity index (χ4n) is 2.67. The Morgan fingerprint density at radius 2 is 2.20 bits per heavy atom. The number of hydrogen-bond donors (Lipinski definition) is 1. The molecule has 1 saturated heterocycles. The van der Waals surface area contributed by atoms with Crippen molar-refractivity contribution < 1.29 is 24.0 Å². The zero-order chi connectivity index (χ0) is 21.7. The van der Waals surface area contributed by atoms with Crippen LogP contribution >= 0.6 is 35.7 Å². The predicted octanol–water partition coefficient (Wildman–Crippen LogP) is 4.55. The summed E-state index contributed by atoms with van der Waals surface area (Å²) < 4.78 is 5.60. The molecule has 1 aliphatic rings. The Kier molecular flexibility index (Phi) is 7.29. The van der Waals surface area contributed by atoms with Gasteiger partial charge in [-0.3, -0.25) is 24.6 Å². The summed E-state index contributed by atoms with van der Waals surface area (Å²) in [6, 6.07) is 8.32. The number of benzene rings is 1. The van der Waals surface area contributed by atoms with Gasteiger partial charge >= 0.3 is 5.97 Å². The Bertz CT molecular complexity index is 1020. The minimum absolute atomic E-state index is 0.0561. The van der Waals surface area contributed by atoms with E-state index in [-0.39, 0.29) is 24.6 Å². The molecule has 156 valence electrons. The molecule has 2 heterocycles. The van der Waals surface area contributed by atoms with Crippen molar-refractivity contribution in [2.24, 2.45) is 0 Å². The van der Waals surface area contributed by atoms with Gasteiger partial charge in [0.05, 0.1) is 26.7 Å². The molecule has 1 N–H and O–H groups in total. The van der Waals surface area contributed by atoms with Crippen LogP contribution in [-0.2, 0) is 15.3 Å². The first-order chi connectivity index (χ1) is 14.3. The maximum atomic E-state index is 12.6.